The van der Waals surface area contributed by atoms with Crippen molar-refractivity contribution in [1.82, 2.24) is 0 Å². The molecule has 0 spiro atoms. The quantitative estimate of drug-likeness (QED) is 0.561. The van der Waals surface area contributed by atoms with Crippen molar-refractivity contribution in [3.63, 3.8) is 0 Å². The number of aliphatic imine (C=N–C) groups is 2. The van der Waals surface area contributed by atoms with Gasteiger partial charge in [-0.1, -0.05) is 20.8 Å². The van der Waals surface area contributed by atoms with Crippen molar-refractivity contribution in [1.29, 1.82) is 0 Å². The van der Waals surface area contributed by atoms with Crippen LogP contribution in [0.2, 0.25) is 0 Å². The second kappa shape index (κ2) is 12.1. The third kappa shape index (κ3) is 12.5. The Morgan fingerprint density at radius 1 is 1.27 bits per heavy atom. The fourth-order valence-electron chi connectivity index (χ4n) is 0.357. The molecule has 0 rings (SSSR count). The van der Waals surface area contributed by atoms with E-state index in [1.807, 2.05) is 13.8 Å². The average Bonchev–Trinajstić information content (AvgIpc) is 2.08. The predicted octanol–water partition coefficient (Wildman–Crippen LogP) is 2.58. The first-order valence-corrected chi connectivity index (χ1v) is 4.25. The standard InChI is InChI=1S/C7H14N2.C2H6/c1-4-7(2)9-6-5-8-3;1-2/h5-7H,4H2,1-3H3;1-2H3. The van der Waals surface area contributed by atoms with Gasteiger partial charge in [-0.2, -0.15) is 0 Å². The first kappa shape index (κ1) is 13.0. The van der Waals surface area contributed by atoms with E-state index in [9.17, 15) is 0 Å². The lowest BCUT2D eigenvalue weighted by Crippen LogP contribution is -1.94. The Labute approximate surface area is 70.5 Å². The zero-order chi connectivity index (χ0) is 9.11. The maximum absolute atomic E-state index is 4.16. The molecule has 0 saturated heterocycles. The Bertz CT molecular complexity index is 106. The number of nitrogens with zero attached hydrogens (tertiary/aromatic N) is 2. The summed E-state index contributed by atoms with van der Waals surface area (Å²) >= 11 is 0. The third-order valence-electron chi connectivity index (χ3n) is 1.15. The van der Waals surface area contributed by atoms with Crippen LogP contribution in [0.1, 0.15) is 34.1 Å². The minimum absolute atomic E-state index is 0.433. The van der Waals surface area contributed by atoms with E-state index in [4.69, 9.17) is 0 Å². The van der Waals surface area contributed by atoms with Crippen molar-refractivity contribution >= 4 is 12.4 Å². The summed E-state index contributed by atoms with van der Waals surface area (Å²) in [6.07, 6.45) is 4.54. The van der Waals surface area contributed by atoms with Gasteiger partial charge in [0.2, 0.25) is 0 Å². The fourth-order valence-corrected chi connectivity index (χ4v) is 0.357. The van der Waals surface area contributed by atoms with Crippen molar-refractivity contribution in [2.75, 3.05) is 7.05 Å². The number of hydrogen-bond acceptors (Lipinski definition) is 2. The molecule has 0 aromatic carbocycles. The highest BCUT2D eigenvalue weighted by molar-refractivity contribution is 6.15. The van der Waals surface area contributed by atoms with E-state index in [1.54, 1.807) is 19.5 Å². The van der Waals surface area contributed by atoms with Gasteiger partial charge in [-0.3, -0.25) is 9.98 Å². The Morgan fingerprint density at radius 3 is 2.18 bits per heavy atom. The first-order chi connectivity index (χ1) is 5.31. The molecule has 0 aliphatic rings. The number of rotatable bonds is 3. The molecule has 0 aliphatic carbocycles. The summed E-state index contributed by atoms with van der Waals surface area (Å²) in [6, 6.07) is 0.433. The minimum atomic E-state index is 0.433. The largest absolute Gasteiger partial charge is 0.295 e. The molecule has 66 valence electrons. The Balaban J connectivity index is 0. The molecule has 0 amide bonds. The third-order valence-corrected chi connectivity index (χ3v) is 1.15. The molecule has 1 unspecified atom stereocenters. The van der Waals surface area contributed by atoms with Crippen LogP contribution in [-0.2, 0) is 0 Å². The molecule has 0 bridgehead atoms. The van der Waals surface area contributed by atoms with Crippen LogP contribution in [0.5, 0.6) is 0 Å². The summed E-state index contributed by atoms with van der Waals surface area (Å²) in [5, 5.41) is 0. The van der Waals surface area contributed by atoms with Crippen molar-refractivity contribution < 1.29 is 0 Å². The monoisotopic (exact) mass is 156 g/mol. The van der Waals surface area contributed by atoms with Gasteiger partial charge in [0.1, 0.15) is 0 Å². The zero-order valence-corrected chi connectivity index (χ0v) is 8.33. The van der Waals surface area contributed by atoms with Crippen molar-refractivity contribution in [3.8, 4) is 0 Å². The zero-order valence-electron chi connectivity index (χ0n) is 8.33. The Morgan fingerprint density at radius 2 is 1.82 bits per heavy atom. The smallest absolute Gasteiger partial charge is 0.0469 e. The van der Waals surface area contributed by atoms with Crippen LogP contribution in [0.4, 0.5) is 0 Å². The first-order valence-electron chi connectivity index (χ1n) is 4.25. The second-order valence-corrected chi connectivity index (χ2v) is 1.96. The van der Waals surface area contributed by atoms with E-state index in [0.717, 1.165) is 6.42 Å². The summed E-state index contributed by atoms with van der Waals surface area (Å²) in [4.78, 5) is 7.93. The van der Waals surface area contributed by atoms with E-state index >= 15 is 0 Å². The van der Waals surface area contributed by atoms with E-state index in [0.29, 0.717) is 6.04 Å². The molecule has 1 atom stereocenters. The van der Waals surface area contributed by atoms with Gasteiger partial charge in [0, 0.05) is 25.5 Å². The molecular formula is C9H20N2. The molecule has 0 fully saturated rings. The Hall–Kier alpha value is -0.660. The van der Waals surface area contributed by atoms with Gasteiger partial charge >= 0.3 is 0 Å². The Kier molecular flexibility index (Phi) is 14.2. The SMILES string of the molecule is CC.CCC(C)N=CC=NC. The molecule has 0 aliphatic heterocycles. The van der Waals surface area contributed by atoms with E-state index in [-0.39, 0.29) is 0 Å². The summed E-state index contributed by atoms with van der Waals surface area (Å²) in [5.41, 5.74) is 0. The fraction of sp³-hybridized carbons (Fsp3) is 0.778. The van der Waals surface area contributed by atoms with Crippen molar-refractivity contribution in [3.05, 3.63) is 0 Å². The number of hydrogen-bond donors (Lipinski definition) is 0. The summed E-state index contributed by atoms with van der Waals surface area (Å²) in [6.45, 7) is 8.20. The highest BCUT2D eigenvalue weighted by Gasteiger charge is 1.87. The van der Waals surface area contributed by atoms with Crippen LogP contribution in [0.3, 0.4) is 0 Å². The lowest BCUT2D eigenvalue weighted by Gasteiger charge is -1.96. The highest BCUT2D eigenvalue weighted by atomic mass is 14.8. The van der Waals surface area contributed by atoms with E-state index in [2.05, 4.69) is 23.8 Å². The van der Waals surface area contributed by atoms with Crippen molar-refractivity contribution in [2.24, 2.45) is 9.98 Å². The lowest BCUT2D eigenvalue weighted by atomic mass is 10.3. The van der Waals surface area contributed by atoms with Gasteiger partial charge in [0.25, 0.3) is 0 Å². The molecule has 0 radical (unpaired) electrons. The van der Waals surface area contributed by atoms with Gasteiger partial charge in [-0.05, 0) is 13.3 Å². The minimum Gasteiger partial charge on any atom is -0.295 e. The van der Waals surface area contributed by atoms with Crippen molar-refractivity contribution in [2.45, 2.75) is 40.2 Å². The maximum atomic E-state index is 4.16. The van der Waals surface area contributed by atoms with Gasteiger partial charge < -0.3 is 0 Å². The lowest BCUT2D eigenvalue weighted by molar-refractivity contribution is 0.721. The summed E-state index contributed by atoms with van der Waals surface area (Å²) < 4.78 is 0. The van der Waals surface area contributed by atoms with E-state index in [1.165, 1.54) is 0 Å². The van der Waals surface area contributed by atoms with Crippen LogP contribution < -0.4 is 0 Å². The molecule has 0 saturated carbocycles. The molecule has 2 heteroatoms. The van der Waals surface area contributed by atoms with Crippen LogP contribution in [-0.4, -0.2) is 25.5 Å². The molecule has 2 nitrogen and oxygen atoms in total. The molecular weight excluding hydrogens is 136 g/mol. The van der Waals surface area contributed by atoms with Crippen LogP contribution >= 0.6 is 0 Å². The van der Waals surface area contributed by atoms with E-state index < -0.39 is 0 Å². The van der Waals surface area contributed by atoms with Gasteiger partial charge in [0.05, 0.1) is 0 Å². The highest BCUT2D eigenvalue weighted by Crippen LogP contribution is 1.91. The summed E-state index contributed by atoms with van der Waals surface area (Å²) in [5.74, 6) is 0. The van der Waals surface area contributed by atoms with Gasteiger partial charge in [-0.15, -0.1) is 0 Å². The summed E-state index contributed by atoms with van der Waals surface area (Å²) in [7, 11) is 1.74. The molecule has 11 heavy (non-hydrogen) atoms. The average molecular weight is 156 g/mol. The predicted molar refractivity (Wildman–Crippen MR) is 54.0 cm³/mol. The topological polar surface area (TPSA) is 24.7 Å². The van der Waals surface area contributed by atoms with Crippen LogP contribution in [0.15, 0.2) is 9.98 Å². The maximum Gasteiger partial charge on any atom is 0.0469 e. The second-order valence-electron chi connectivity index (χ2n) is 1.96. The molecule has 0 heterocycles. The van der Waals surface area contributed by atoms with Crippen LogP contribution in [0.25, 0.3) is 0 Å². The van der Waals surface area contributed by atoms with Crippen LogP contribution in [0, 0.1) is 0 Å². The van der Waals surface area contributed by atoms with Gasteiger partial charge in [0.15, 0.2) is 0 Å². The van der Waals surface area contributed by atoms with Gasteiger partial charge in [-0.25, -0.2) is 0 Å². The molecule has 0 aromatic heterocycles. The normalized spacial score (nSPS) is 13.2. The molecule has 0 N–H and O–H groups in total. The molecule has 0 aromatic rings.